The molecule has 0 saturated heterocycles. The van der Waals surface area contributed by atoms with Gasteiger partial charge in [0, 0.05) is 9.86 Å². The predicted octanol–water partition coefficient (Wildman–Crippen LogP) is 5.82. The van der Waals surface area contributed by atoms with E-state index < -0.39 is 7.26 Å². The van der Waals surface area contributed by atoms with Gasteiger partial charge in [0.15, 0.2) is 0 Å². The minimum Gasteiger partial charge on any atom is -0.278 e. The van der Waals surface area contributed by atoms with Crippen molar-refractivity contribution in [1.29, 1.82) is 0 Å². The van der Waals surface area contributed by atoms with Crippen molar-refractivity contribution in [3.05, 3.63) is 119 Å². The molecule has 0 amide bonds. The first-order valence-corrected chi connectivity index (χ1v) is 12.7. The Bertz CT molecular complexity index is 1170. The molecule has 0 aliphatic rings. The standard InChI is InChI=1S/C26H21BrN2P/c27-20-16-17-25-24(18-20)26(29-28-25)19-30(21-10-4-1-5-11-21,22-12-6-2-7-13-22)23-14-8-3-9-15-23/h1-18H,19H2,(H,28,29)/q+1. The van der Waals surface area contributed by atoms with Crippen LogP contribution < -0.4 is 15.9 Å². The lowest BCUT2D eigenvalue weighted by Gasteiger charge is -2.27. The number of H-pyrrole nitrogens is 1. The molecular weight excluding hydrogens is 451 g/mol. The maximum absolute atomic E-state index is 4.60. The zero-order valence-electron chi connectivity index (χ0n) is 16.4. The summed E-state index contributed by atoms with van der Waals surface area (Å²) in [5.41, 5.74) is 2.18. The molecule has 0 spiro atoms. The molecule has 0 aliphatic heterocycles. The Morgan fingerprint density at radius 3 is 1.67 bits per heavy atom. The number of nitrogens with zero attached hydrogens (tertiary/aromatic N) is 1. The van der Waals surface area contributed by atoms with Crippen molar-refractivity contribution in [3.63, 3.8) is 0 Å². The molecule has 0 saturated carbocycles. The van der Waals surface area contributed by atoms with E-state index in [1.54, 1.807) is 0 Å². The van der Waals surface area contributed by atoms with Gasteiger partial charge in [0.05, 0.1) is 11.2 Å². The first kappa shape index (κ1) is 19.2. The van der Waals surface area contributed by atoms with E-state index in [-0.39, 0.29) is 0 Å². The lowest BCUT2D eigenvalue weighted by Crippen LogP contribution is -2.32. The van der Waals surface area contributed by atoms with Gasteiger partial charge in [-0.15, -0.1) is 0 Å². The van der Waals surface area contributed by atoms with Crippen LogP contribution in [0.1, 0.15) is 5.69 Å². The molecule has 2 nitrogen and oxygen atoms in total. The van der Waals surface area contributed by atoms with Crippen LogP contribution in [0.25, 0.3) is 10.9 Å². The number of halogens is 1. The quantitative estimate of drug-likeness (QED) is 0.321. The average molecular weight is 472 g/mol. The summed E-state index contributed by atoms with van der Waals surface area (Å²) >= 11 is 3.63. The molecule has 4 aromatic carbocycles. The molecule has 4 heteroatoms. The smallest absolute Gasteiger partial charge is 0.118 e. The number of benzene rings is 4. The monoisotopic (exact) mass is 471 g/mol. The van der Waals surface area contributed by atoms with E-state index in [1.165, 1.54) is 27.0 Å². The van der Waals surface area contributed by atoms with Crippen molar-refractivity contribution >= 4 is 50.0 Å². The van der Waals surface area contributed by atoms with Crippen molar-refractivity contribution in [2.45, 2.75) is 6.16 Å². The molecule has 0 atom stereocenters. The molecule has 1 aromatic heterocycles. The van der Waals surface area contributed by atoms with Gasteiger partial charge in [0.2, 0.25) is 0 Å². The summed E-state index contributed by atoms with van der Waals surface area (Å²) in [7, 11) is -1.95. The van der Waals surface area contributed by atoms with Gasteiger partial charge in [-0.25, -0.2) is 0 Å². The molecule has 5 rings (SSSR count). The number of hydrogen-bond acceptors (Lipinski definition) is 1. The second kappa shape index (κ2) is 8.18. The molecule has 0 fully saturated rings. The number of rotatable bonds is 5. The summed E-state index contributed by atoms with van der Waals surface area (Å²) in [6.45, 7) is 0. The van der Waals surface area contributed by atoms with Crippen molar-refractivity contribution in [1.82, 2.24) is 10.2 Å². The van der Waals surface area contributed by atoms with Crippen LogP contribution in [0.5, 0.6) is 0 Å². The zero-order chi connectivity index (χ0) is 20.4. The van der Waals surface area contributed by atoms with E-state index in [2.05, 4.69) is 129 Å². The highest BCUT2D eigenvalue weighted by Crippen LogP contribution is 2.58. The van der Waals surface area contributed by atoms with Gasteiger partial charge >= 0.3 is 0 Å². The van der Waals surface area contributed by atoms with Gasteiger partial charge in [0.25, 0.3) is 0 Å². The van der Waals surface area contributed by atoms with Gasteiger partial charge in [-0.1, -0.05) is 70.5 Å². The molecule has 0 radical (unpaired) electrons. The minimum absolute atomic E-state index is 0.887. The summed E-state index contributed by atoms with van der Waals surface area (Å²) in [6.07, 6.45) is 0.887. The van der Waals surface area contributed by atoms with Gasteiger partial charge in [0.1, 0.15) is 29.3 Å². The fourth-order valence-electron chi connectivity index (χ4n) is 4.16. The molecule has 1 heterocycles. The maximum Gasteiger partial charge on any atom is 0.118 e. The van der Waals surface area contributed by atoms with Crippen LogP contribution in [0.2, 0.25) is 0 Å². The second-order valence-electron chi connectivity index (χ2n) is 7.34. The van der Waals surface area contributed by atoms with E-state index in [9.17, 15) is 0 Å². The van der Waals surface area contributed by atoms with Crippen molar-refractivity contribution < 1.29 is 0 Å². The Kier molecular flexibility index (Phi) is 5.25. The van der Waals surface area contributed by atoms with E-state index in [0.29, 0.717) is 0 Å². The van der Waals surface area contributed by atoms with Gasteiger partial charge in [-0.05, 0) is 54.6 Å². The van der Waals surface area contributed by atoms with Crippen molar-refractivity contribution in [3.8, 4) is 0 Å². The van der Waals surface area contributed by atoms with Crippen LogP contribution in [0.4, 0.5) is 0 Å². The molecule has 1 N–H and O–H groups in total. The molecule has 30 heavy (non-hydrogen) atoms. The maximum atomic E-state index is 4.60. The number of fused-ring (bicyclic) bond motifs is 1. The summed E-state index contributed by atoms with van der Waals surface area (Å²) in [5.74, 6) is 0. The average Bonchev–Trinajstić information content (AvgIpc) is 3.21. The highest BCUT2D eigenvalue weighted by molar-refractivity contribution is 9.10. The first-order valence-electron chi connectivity index (χ1n) is 9.95. The third kappa shape index (κ3) is 3.39. The Balaban J connectivity index is 1.80. The summed E-state index contributed by atoms with van der Waals surface area (Å²) in [5, 5.41) is 13.3. The lowest BCUT2D eigenvalue weighted by molar-refractivity contribution is 1.05. The third-order valence-corrected chi connectivity index (χ3v) is 10.4. The molecule has 5 aromatic rings. The Morgan fingerprint density at radius 2 is 1.17 bits per heavy atom. The van der Waals surface area contributed by atoms with Gasteiger partial charge < -0.3 is 0 Å². The third-order valence-electron chi connectivity index (χ3n) is 5.58. The zero-order valence-corrected chi connectivity index (χ0v) is 18.9. The first-order chi connectivity index (χ1) is 14.8. The number of hydrogen-bond donors (Lipinski definition) is 1. The summed E-state index contributed by atoms with van der Waals surface area (Å²) in [6, 6.07) is 39.1. The summed E-state index contributed by atoms with van der Waals surface area (Å²) in [4.78, 5) is 0. The van der Waals surface area contributed by atoms with Crippen LogP contribution in [-0.2, 0) is 6.16 Å². The Morgan fingerprint density at radius 1 is 0.667 bits per heavy atom. The second-order valence-corrected chi connectivity index (χ2v) is 11.7. The Labute approximate surface area is 185 Å². The largest absolute Gasteiger partial charge is 0.278 e. The normalized spacial score (nSPS) is 11.6. The molecule has 0 unspecified atom stereocenters. The predicted molar refractivity (Wildman–Crippen MR) is 133 cm³/mol. The molecule has 146 valence electrons. The molecule has 0 aliphatic carbocycles. The van der Waals surface area contributed by atoms with Crippen LogP contribution in [-0.4, -0.2) is 10.2 Å². The van der Waals surface area contributed by atoms with Crippen LogP contribution in [0.3, 0.4) is 0 Å². The van der Waals surface area contributed by atoms with Crippen LogP contribution in [0, 0.1) is 0 Å². The number of aromatic amines is 1. The van der Waals surface area contributed by atoms with E-state index >= 15 is 0 Å². The van der Waals surface area contributed by atoms with E-state index in [0.717, 1.165) is 16.2 Å². The summed E-state index contributed by atoms with van der Waals surface area (Å²) < 4.78 is 1.07. The topological polar surface area (TPSA) is 28.7 Å². The fourth-order valence-corrected chi connectivity index (χ4v) is 8.72. The number of nitrogens with one attached hydrogen (secondary N) is 1. The van der Waals surface area contributed by atoms with Crippen LogP contribution in [0.15, 0.2) is 114 Å². The molecule has 0 bridgehead atoms. The van der Waals surface area contributed by atoms with E-state index in [1.807, 2.05) is 6.07 Å². The SMILES string of the molecule is Brc1ccc2n[nH]c(C[P+](c3ccccc3)(c3ccccc3)c3ccccc3)c2c1. The van der Waals surface area contributed by atoms with Crippen molar-refractivity contribution in [2.75, 3.05) is 0 Å². The minimum atomic E-state index is -1.95. The van der Waals surface area contributed by atoms with Gasteiger partial charge in [-0.3, -0.25) is 5.10 Å². The fraction of sp³-hybridized carbons (Fsp3) is 0.0385. The number of aromatic nitrogens is 2. The van der Waals surface area contributed by atoms with E-state index in [4.69, 9.17) is 0 Å². The molecular formula is C26H21BrN2P+. The van der Waals surface area contributed by atoms with Crippen LogP contribution >= 0.6 is 23.2 Å². The Hall–Kier alpha value is -2.74. The van der Waals surface area contributed by atoms with Gasteiger partial charge in [-0.2, -0.15) is 5.10 Å². The highest BCUT2D eigenvalue weighted by atomic mass is 79.9. The van der Waals surface area contributed by atoms with Crippen molar-refractivity contribution in [2.24, 2.45) is 0 Å². The lowest BCUT2D eigenvalue weighted by atomic mass is 10.2. The highest BCUT2D eigenvalue weighted by Gasteiger charge is 2.46.